The zero-order valence-corrected chi connectivity index (χ0v) is 28.8. The van der Waals surface area contributed by atoms with E-state index in [0.717, 1.165) is 21.7 Å². The van der Waals surface area contributed by atoms with Gasteiger partial charge in [0.15, 0.2) is 0 Å². The van der Waals surface area contributed by atoms with Crippen LogP contribution in [0.5, 0.6) is 0 Å². The molecule has 54 heavy (non-hydrogen) atoms. The first-order valence-corrected chi connectivity index (χ1v) is 18.5. The fourth-order valence-corrected chi connectivity index (χ4v) is 7.51. The van der Waals surface area contributed by atoms with Crippen LogP contribution in [0.15, 0.2) is 107 Å². The van der Waals surface area contributed by atoms with Crippen LogP contribution in [0.4, 0.5) is 0 Å². The largest absolute Gasteiger partial charge is 0.478 e. The Morgan fingerprint density at radius 2 is 0.926 bits per heavy atom. The lowest BCUT2D eigenvalue weighted by atomic mass is 10.1. The molecule has 268 valence electrons. The van der Waals surface area contributed by atoms with Crippen molar-refractivity contribution in [1.82, 2.24) is 30.0 Å². The highest BCUT2D eigenvalue weighted by molar-refractivity contribution is 7.86. The third-order valence-electron chi connectivity index (χ3n) is 8.68. The van der Waals surface area contributed by atoms with Gasteiger partial charge in [-0.15, -0.1) is 20.4 Å². The number of carboxylic acids is 2. The second-order valence-electron chi connectivity index (χ2n) is 12.1. The van der Waals surface area contributed by atoms with E-state index in [4.69, 9.17) is 0 Å². The minimum absolute atomic E-state index is 0.0344. The summed E-state index contributed by atoms with van der Waals surface area (Å²) in [5.74, 6) is -2.18. The van der Waals surface area contributed by atoms with Crippen molar-refractivity contribution in [3.05, 3.63) is 119 Å². The molecule has 0 saturated carbocycles. The van der Waals surface area contributed by atoms with Crippen LogP contribution >= 0.6 is 0 Å². The van der Waals surface area contributed by atoms with Crippen molar-refractivity contribution in [2.75, 3.05) is 0 Å². The number of aromatic carboxylic acids is 2. The Morgan fingerprint density at radius 3 is 1.30 bits per heavy atom. The van der Waals surface area contributed by atoms with Gasteiger partial charge in [-0.1, -0.05) is 48.6 Å². The van der Waals surface area contributed by atoms with Crippen LogP contribution < -0.4 is 0 Å². The van der Waals surface area contributed by atoms with Crippen molar-refractivity contribution >= 4 is 87.9 Å². The normalized spacial score (nSPS) is 12.4. The lowest BCUT2D eigenvalue weighted by molar-refractivity contribution is 0.0686. The average Bonchev–Trinajstić information content (AvgIpc) is 3.78. The van der Waals surface area contributed by atoms with Crippen molar-refractivity contribution in [2.45, 2.75) is 9.79 Å². The molecule has 4 N–H and O–H groups in total. The molecule has 2 heterocycles. The summed E-state index contributed by atoms with van der Waals surface area (Å²) in [4.78, 5) is 24.1. The standard InChI is InChI=1S/C36H22N6O10S2/c43-35(44)23-5-11-27-21(15-23)7-13-29-33(27)39-41(37-29)25-9-3-19(31(17-25)53(47,48)49)1-2-20-4-10-26(18-32(20)54(50,51)52)42-38-30-14-8-22-16-24(36(45)46)6-12-28(22)34(30)40-42/h1-18H,(H,43,44)(H,45,46)(H,47,48,49)(H,50,51,52)/b2-1+. The molecule has 8 aromatic rings. The molecule has 0 fully saturated rings. The maximum absolute atomic E-state index is 12.6. The quantitative estimate of drug-likeness (QED) is 0.110. The van der Waals surface area contributed by atoms with Crippen molar-refractivity contribution in [2.24, 2.45) is 0 Å². The molecule has 0 atom stereocenters. The number of fused-ring (bicyclic) bond motifs is 6. The number of hydrogen-bond donors (Lipinski definition) is 4. The molecule has 0 radical (unpaired) electrons. The fraction of sp³-hybridized carbons (Fsp3) is 0. The van der Waals surface area contributed by atoms with E-state index < -0.39 is 42.0 Å². The summed E-state index contributed by atoms with van der Waals surface area (Å²) in [7, 11) is -9.71. The monoisotopic (exact) mass is 762 g/mol. The Labute approximate surface area is 303 Å². The van der Waals surface area contributed by atoms with E-state index in [-0.39, 0.29) is 33.6 Å². The molecule has 0 aliphatic carbocycles. The van der Waals surface area contributed by atoms with Gasteiger partial charge in [0.2, 0.25) is 0 Å². The summed E-state index contributed by atoms with van der Waals surface area (Å²) in [5, 5.41) is 38.9. The molecule has 8 rings (SSSR count). The van der Waals surface area contributed by atoms with Crippen molar-refractivity contribution in [1.29, 1.82) is 0 Å². The van der Waals surface area contributed by atoms with E-state index in [0.29, 0.717) is 43.6 Å². The lowest BCUT2D eigenvalue weighted by Gasteiger charge is -2.08. The maximum Gasteiger partial charge on any atom is 0.335 e. The molecule has 0 unspecified atom stereocenters. The van der Waals surface area contributed by atoms with Gasteiger partial charge >= 0.3 is 11.9 Å². The molecule has 0 aliphatic heterocycles. The van der Waals surface area contributed by atoms with Crippen LogP contribution in [0.3, 0.4) is 0 Å². The number of hydrogen-bond acceptors (Lipinski definition) is 10. The summed E-state index contributed by atoms with van der Waals surface area (Å²) in [5.41, 5.74) is 2.14. The number of carboxylic acid groups (broad SMARTS) is 2. The van der Waals surface area contributed by atoms with E-state index >= 15 is 0 Å². The summed E-state index contributed by atoms with van der Waals surface area (Å²) in [6, 6.07) is 23.6. The molecule has 0 bridgehead atoms. The Kier molecular flexibility index (Phi) is 7.85. The van der Waals surface area contributed by atoms with E-state index in [1.807, 2.05) is 0 Å². The van der Waals surface area contributed by atoms with Crippen molar-refractivity contribution in [3.63, 3.8) is 0 Å². The van der Waals surface area contributed by atoms with Crippen LogP contribution in [-0.2, 0) is 20.2 Å². The van der Waals surface area contributed by atoms with Gasteiger partial charge in [-0.25, -0.2) is 9.59 Å². The predicted octanol–water partition coefficient (Wildman–Crippen LogP) is 5.52. The zero-order valence-electron chi connectivity index (χ0n) is 27.1. The smallest absolute Gasteiger partial charge is 0.335 e. The highest BCUT2D eigenvalue weighted by Crippen LogP contribution is 2.29. The molecule has 6 aromatic carbocycles. The molecule has 0 spiro atoms. The van der Waals surface area contributed by atoms with E-state index in [1.165, 1.54) is 60.7 Å². The van der Waals surface area contributed by atoms with Crippen LogP contribution in [0, 0.1) is 0 Å². The van der Waals surface area contributed by atoms with Crippen LogP contribution in [-0.4, -0.2) is 78.1 Å². The molecule has 16 nitrogen and oxygen atoms in total. The van der Waals surface area contributed by atoms with E-state index in [9.17, 15) is 45.7 Å². The summed E-state index contributed by atoms with van der Waals surface area (Å²) in [6.45, 7) is 0. The van der Waals surface area contributed by atoms with Gasteiger partial charge in [0.1, 0.15) is 31.9 Å². The second-order valence-corrected chi connectivity index (χ2v) is 14.8. The first kappa shape index (κ1) is 34.2. The van der Waals surface area contributed by atoms with E-state index in [2.05, 4.69) is 20.4 Å². The molecule has 0 saturated heterocycles. The number of aromatic nitrogens is 6. The topological polar surface area (TPSA) is 245 Å². The summed E-state index contributed by atoms with van der Waals surface area (Å²) >= 11 is 0. The first-order chi connectivity index (χ1) is 25.6. The molecular weight excluding hydrogens is 741 g/mol. The van der Waals surface area contributed by atoms with Gasteiger partial charge in [0.25, 0.3) is 20.2 Å². The minimum Gasteiger partial charge on any atom is -0.478 e. The van der Waals surface area contributed by atoms with Gasteiger partial charge in [-0.05, 0) is 82.6 Å². The number of nitrogens with zero attached hydrogens (tertiary/aromatic N) is 6. The van der Waals surface area contributed by atoms with E-state index in [1.54, 1.807) is 36.4 Å². The first-order valence-electron chi connectivity index (χ1n) is 15.6. The van der Waals surface area contributed by atoms with Gasteiger partial charge < -0.3 is 10.2 Å². The third kappa shape index (κ3) is 6.09. The number of benzene rings is 6. The second kappa shape index (κ2) is 12.4. The van der Waals surface area contributed by atoms with Crippen LogP contribution in [0.2, 0.25) is 0 Å². The number of rotatable bonds is 8. The Morgan fingerprint density at radius 1 is 0.519 bits per heavy atom. The number of carbonyl (C=O) groups is 2. The minimum atomic E-state index is -4.85. The van der Waals surface area contributed by atoms with Crippen LogP contribution in [0.25, 0.3) is 67.1 Å². The molecule has 0 amide bonds. The van der Waals surface area contributed by atoms with Gasteiger partial charge in [-0.3, -0.25) is 9.11 Å². The summed E-state index contributed by atoms with van der Waals surface area (Å²) in [6.07, 6.45) is 2.49. The fourth-order valence-electron chi connectivity index (χ4n) is 6.11. The summed E-state index contributed by atoms with van der Waals surface area (Å²) < 4.78 is 70.6. The lowest BCUT2D eigenvalue weighted by Crippen LogP contribution is -2.06. The molecule has 0 aliphatic rings. The molecule has 2 aromatic heterocycles. The van der Waals surface area contributed by atoms with Crippen molar-refractivity contribution in [3.8, 4) is 11.4 Å². The zero-order chi connectivity index (χ0) is 38.1. The van der Waals surface area contributed by atoms with Gasteiger partial charge in [0, 0.05) is 10.8 Å². The predicted molar refractivity (Wildman–Crippen MR) is 195 cm³/mol. The Balaban J connectivity index is 1.15. The highest BCUT2D eigenvalue weighted by atomic mass is 32.2. The molecular formula is C36H22N6O10S2. The van der Waals surface area contributed by atoms with Crippen molar-refractivity contribution < 1.29 is 45.7 Å². The average molecular weight is 763 g/mol. The maximum atomic E-state index is 12.6. The third-order valence-corrected chi connectivity index (χ3v) is 10.5. The highest BCUT2D eigenvalue weighted by Gasteiger charge is 2.20. The molecule has 18 heteroatoms. The Hall–Kier alpha value is -6.86. The van der Waals surface area contributed by atoms with Gasteiger partial charge in [-0.2, -0.15) is 26.4 Å². The van der Waals surface area contributed by atoms with Crippen LogP contribution in [0.1, 0.15) is 31.8 Å². The SMILES string of the molecule is O=C(O)c1ccc2c(ccc3nn(-c4ccc(/C=C/c5ccc(-n6nc7ccc8cc(C(=O)O)ccc8c7n6)cc5S(=O)(=O)O)c(S(=O)(=O)O)c4)nc32)c1. The van der Waals surface area contributed by atoms with Gasteiger partial charge in [0.05, 0.1) is 22.5 Å². The Bertz CT molecular complexity index is 2980.